The summed E-state index contributed by atoms with van der Waals surface area (Å²) in [5.74, 6) is 1.95. The van der Waals surface area contributed by atoms with Crippen LogP contribution >= 0.6 is 0 Å². The van der Waals surface area contributed by atoms with Gasteiger partial charge in [0.1, 0.15) is 12.2 Å². The molecule has 0 saturated carbocycles. The minimum Gasteiger partial charge on any atom is -0.361 e. The average Bonchev–Trinajstić information content (AvgIpc) is 3.34. The van der Waals surface area contributed by atoms with Gasteiger partial charge in [0.05, 0.1) is 6.54 Å². The van der Waals surface area contributed by atoms with Crippen molar-refractivity contribution in [2.75, 3.05) is 13.1 Å². The van der Waals surface area contributed by atoms with Crippen molar-refractivity contribution in [2.24, 2.45) is 4.99 Å². The summed E-state index contributed by atoms with van der Waals surface area (Å²) in [4.78, 5) is 12.6. The number of nitrogens with one attached hydrogen (secondary N) is 3. The smallest absolute Gasteiger partial charge is 0.191 e. The van der Waals surface area contributed by atoms with Crippen molar-refractivity contribution < 1.29 is 0 Å². The highest BCUT2D eigenvalue weighted by atomic mass is 15.4. The van der Waals surface area contributed by atoms with Gasteiger partial charge in [-0.05, 0) is 37.3 Å². The Morgan fingerprint density at radius 3 is 3.11 bits per heavy atom. The van der Waals surface area contributed by atoms with Crippen LogP contribution < -0.4 is 10.6 Å². The maximum absolute atomic E-state index is 4.81. The minimum absolute atomic E-state index is 0.326. The maximum Gasteiger partial charge on any atom is 0.191 e. The van der Waals surface area contributed by atoms with E-state index in [2.05, 4.69) is 63.9 Å². The van der Waals surface area contributed by atoms with E-state index in [1.165, 1.54) is 22.0 Å². The zero-order valence-corrected chi connectivity index (χ0v) is 16.7. The molecular weight excluding hydrogens is 350 g/mol. The molecular formula is C21H29N7. The number of hydrogen-bond donors (Lipinski definition) is 3. The lowest BCUT2D eigenvalue weighted by molar-refractivity contribution is 0.393. The molecule has 4 rings (SSSR count). The number of fused-ring (bicyclic) bond motifs is 2. The molecule has 0 radical (unpaired) electrons. The summed E-state index contributed by atoms with van der Waals surface area (Å²) < 4.78 is 1.99. The zero-order valence-electron chi connectivity index (χ0n) is 16.7. The first-order valence-electron chi connectivity index (χ1n) is 10.3. The molecule has 1 aliphatic heterocycles. The predicted molar refractivity (Wildman–Crippen MR) is 113 cm³/mol. The highest BCUT2D eigenvalue weighted by Gasteiger charge is 2.20. The zero-order chi connectivity index (χ0) is 19.3. The van der Waals surface area contributed by atoms with Crippen LogP contribution in [-0.4, -0.2) is 44.8 Å². The van der Waals surface area contributed by atoms with Crippen molar-refractivity contribution in [1.82, 2.24) is 30.4 Å². The van der Waals surface area contributed by atoms with E-state index in [1.54, 1.807) is 6.33 Å². The maximum atomic E-state index is 4.81. The van der Waals surface area contributed by atoms with Crippen LogP contribution in [0.25, 0.3) is 10.9 Å². The SMILES string of the molecule is CCNC(=NCCc1c[nH]c2c(CC)cccc12)NC1CCc2ncnn2C1. The van der Waals surface area contributed by atoms with Crippen LogP contribution in [0, 0.1) is 0 Å². The van der Waals surface area contributed by atoms with E-state index in [-0.39, 0.29) is 0 Å². The number of guanidine groups is 1. The molecule has 148 valence electrons. The molecule has 0 amide bonds. The quantitative estimate of drug-likeness (QED) is 0.454. The summed E-state index contributed by atoms with van der Waals surface area (Å²) >= 11 is 0. The monoisotopic (exact) mass is 379 g/mol. The van der Waals surface area contributed by atoms with Gasteiger partial charge in [0, 0.05) is 42.7 Å². The number of rotatable bonds is 6. The van der Waals surface area contributed by atoms with Gasteiger partial charge < -0.3 is 15.6 Å². The van der Waals surface area contributed by atoms with E-state index in [1.807, 2.05) is 4.68 Å². The fraction of sp³-hybridized carbons (Fsp3) is 0.476. The first kappa shape index (κ1) is 18.5. The van der Waals surface area contributed by atoms with Gasteiger partial charge in [-0.15, -0.1) is 0 Å². The van der Waals surface area contributed by atoms with Gasteiger partial charge in [0.25, 0.3) is 0 Å². The van der Waals surface area contributed by atoms with Gasteiger partial charge in [-0.1, -0.05) is 25.1 Å². The van der Waals surface area contributed by atoms with Crippen molar-refractivity contribution >= 4 is 16.9 Å². The van der Waals surface area contributed by atoms with Crippen molar-refractivity contribution in [3.8, 4) is 0 Å². The van der Waals surface area contributed by atoms with Crippen molar-refractivity contribution in [2.45, 2.75) is 52.1 Å². The second kappa shape index (κ2) is 8.46. The van der Waals surface area contributed by atoms with Crippen LogP contribution in [0.2, 0.25) is 0 Å². The Morgan fingerprint density at radius 2 is 2.25 bits per heavy atom. The molecule has 7 heteroatoms. The standard InChI is InChI=1S/C21H29N7/c1-3-15-6-5-7-18-16(12-24-20(15)18)10-11-23-21(22-4-2)27-17-8-9-19-25-14-26-28(19)13-17/h5-7,12,14,17,24H,3-4,8-11,13H2,1-2H3,(H2,22,23,27). The Labute approximate surface area is 165 Å². The Morgan fingerprint density at radius 1 is 1.32 bits per heavy atom. The van der Waals surface area contributed by atoms with Crippen LogP contribution in [-0.2, 0) is 25.8 Å². The summed E-state index contributed by atoms with van der Waals surface area (Å²) in [5.41, 5.74) is 3.96. The average molecular weight is 380 g/mol. The van der Waals surface area contributed by atoms with Crippen molar-refractivity contribution in [3.05, 3.63) is 47.7 Å². The van der Waals surface area contributed by atoms with E-state index in [0.717, 1.165) is 57.1 Å². The lowest BCUT2D eigenvalue weighted by Crippen LogP contribution is -2.47. The second-order valence-electron chi connectivity index (χ2n) is 7.26. The van der Waals surface area contributed by atoms with Gasteiger partial charge in [-0.3, -0.25) is 4.99 Å². The van der Waals surface area contributed by atoms with Crippen LogP contribution in [0.4, 0.5) is 0 Å². The third kappa shape index (κ3) is 3.88. The number of aryl methyl sites for hydroxylation is 2. The first-order chi connectivity index (χ1) is 13.8. The van der Waals surface area contributed by atoms with Gasteiger partial charge in [0.15, 0.2) is 5.96 Å². The number of nitrogens with zero attached hydrogens (tertiary/aromatic N) is 4. The van der Waals surface area contributed by atoms with E-state index >= 15 is 0 Å². The summed E-state index contributed by atoms with van der Waals surface area (Å²) in [7, 11) is 0. The number of aromatic nitrogens is 4. The van der Waals surface area contributed by atoms with Gasteiger partial charge in [-0.2, -0.15) is 5.10 Å². The first-order valence-corrected chi connectivity index (χ1v) is 10.3. The van der Waals surface area contributed by atoms with Crippen LogP contribution in [0.15, 0.2) is 35.7 Å². The Bertz CT molecular complexity index is 953. The topological polar surface area (TPSA) is 82.9 Å². The molecule has 1 aliphatic rings. The number of benzene rings is 1. The number of H-pyrrole nitrogens is 1. The van der Waals surface area contributed by atoms with E-state index in [0.29, 0.717) is 6.04 Å². The van der Waals surface area contributed by atoms with Crippen molar-refractivity contribution in [3.63, 3.8) is 0 Å². The third-order valence-corrected chi connectivity index (χ3v) is 5.41. The second-order valence-corrected chi connectivity index (χ2v) is 7.26. The van der Waals surface area contributed by atoms with Crippen LogP contribution in [0.1, 0.15) is 37.2 Å². The highest BCUT2D eigenvalue weighted by molar-refractivity contribution is 5.86. The summed E-state index contributed by atoms with van der Waals surface area (Å²) in [6.45, 7) is 6.73. The molecule has 0 bridgehead atoms. The Hall–Kier alpha value is -2.83. The summed E-state index contributed by atoms with van der Waals surface area (Å²) in [5, 5.41) is 12.6. The number of para-hydroxylation sites is 1. The largest absolute Gasteiger partial charge is 0.361 e. The molecule has 0 saturated heterocycles. The molecule has 7 nitrogen and oxygen atoms in total. The summed E-state index contributed by atoms with van der Waals surface area (Å²) in [6, 6.07) is 6.87. The van der Waals surface area contributed by atoms with Gasteiger partial charge in [-0.25, -0.2) is 9.67 Å². The van der Waals surface area contributed by atoms with E-state index < -0.39 is 0 Å². The van der Waals surface area contributed by atoms with E-state index in [4.69, 9.17) is 4.99 Å². The fourth-order valence-corrected chi connectivity index (χ4v) is 3.93. The minimum atomic E-state index is 0.326. The molecule has 0 fully saturated rings. The molecule has 1 aromatic carbocycles. The normalized spacial score (nSPS) is 16.9. The van der Waals surface area contributed by atoms with Crippen molar-refractivity contribution in [1.29, 1.82) is 0 Å². The molecule has 0 spiro atoms. The molecule has 1 unspecified atom stereocenters. The lowest BCUT2D eigenvalue weighted by atomic mass is 10.1. The molecule has 3 N–H and O–H groups in total. The molecule has 3 heterocycles. The summed E-state index contributed by atoms with van der Waals surface area (Å²) in [6.07, 6.45) is 7.73. The lowest BCUT2D eigenvalue weighted by Gasteiger charge is -2.25. The van der Waals surface area contributed by atoms with Crippen LogP contribution in [0.3, 0.4) is 0 Å². The van der Waals surface area contributed by atoms with Gasteiger partial charge >= 0.3 is 0 Å². The Balaban J connectivity index is 1.40. The predicted octanol–water partition coefficient (Wildman–Crippen LogP) is 2.43. The fourth-order valence-electron chi connectivity index (χ4n) is 3.93. The molecule has 0 aliphatic carbocycles. The highest BCUT2D eigenvalue weighted by Crippen LogP contribution is 2.22. The molecule has 28 heavy (non-hydrogen) atoms. The molecule has 1 atom stereocenters. The Kier molecular flexibility index (Phi) is 5.60. The molecule has 2 aromatic heterocycles. The van der Waals surface area contributed by atoms with Gasteiger partial charge in [0.2, 0.25) is 0 Å². The van der Waals surface area contributed by atoms with E-state index in [9.17, 15) is 0 Å². The number of aliphatic imine (C=N–C) groups is 1. The van der Waals surface area contributed by atoms with Crippen LogP contribution in [0.5, 0.6) is 0 Å². The molecule has 3 aromatic rings. The third-order valence-electron chi connectivity index (χ3n) is 5.41. The number of aromatic amines is 1. The number of hydrogen-bond acceptors (Lipinski definition) is 3.